The molecule has 0 saturated carbocycles. The maximum absolute atomic E-state index is 13.8. The Hall–Kier alpha value is -2.50. The Bertz CT molecular complexity index is 780. The number of anilines is 1. The summed E-state index contributed by atoms with van der Waals surface area (Å²) >= 11 is 0. The molecule has 19 heavy (non-hydrogen) atoms. The number of hydrogen-bond donors (Lipinski definition) is 1. The van der Waals surface area contributed by atoms with Gasteiger partial charge in [0.15, 0.2) is 5.82 Å². The van der Waals surface area contributed by atoms with E-state index in [1.807, 2.05) is 0 Å². The predicted molar refractivity (Wildman–Crippen MR) is 65.4 cm³/mol. The molecule has 1 heterocycles. The molecular formula is C13H8F3N3. The molecule has 0 bridgehead atoms. The van der Waals surface area contributed by atoms with Gasteiger partial charge in [0, 0.05) is 6.07 Å². The van der Waals surface area contributed by atoms with E-state index >= 15 is 0 Å². The Morgan fingerprint density at radius 3 is 2.53 bits per heavy atom. The van der Waals surface area contributed by atoms with Crippen LogP contribution < -0.4 is 5.73 Å². The Morgan fingerprint density at radius 1 is 1.00 bits per heavy atom. The van der Waals surface area contributed by atoms with Crippen molar-refractivity contribution in [2.24, 2.45) is 0 Å². The minimum atomic E-state index is -0.796. The average Bonchev–Trinajstić information content (AvgIpc) is 2.68. The van der Waals surface area contributed by atoms with Gasteiger partial charge in [-0.25, -0.2) is 18.2 Å². The Balaban J connectivity index is 2.36. The average molecular weight is 263 g/mol. The van der Waals surface area contributed by atoms with Crippen LogP contribution in [0.4, 0.5) is 19.1 Å². The Morgan fingerprint density at radius 2 is 1.79 bits per heavy atom. The summed E-state index contributed by atoms with van der Waals surface area (Å²) in [6.07, 6.45) is 0. The number of hydrogen-bond acceptors (Lipinski definition) is 2. The summed E-state index contributed by atoms with van der Waals surface area (Å²) in [7, 11) is 0. The molecule has 2 aromatic carbocycles. The molecule has 0 radical (unpaired) electrons. The van der Waals surface area contributed by atoms with E-state index in [9.17, 15) is 13.2 Å². The standard InChI is InChI=1S/C13H8F3N3/c14-7-4-5-10(9(16)6-7)19-11-3-1-2-8(15)12(11)18-13(19)17/h1-6H,(H2,17,18). The number of nitrogens with two attached hydrogens (primary N) is 1. The number of aromatic nitrogens is 2. The first-order chi connectivity index (χ1) is 9.08. The highest BCUT2D eigenvalue weighted by Crippen LogP contribution is 2.26. The first-order valence-corrected chi connectivity index (χ1v) is 5.46. The lowest BCUT2D eigenvalue weighted by Gasteiger charge is -2.07. The highest BCUT2D eigenvalue weighted by molar-refractivity contribution is 5.81. The molecular weight excluding hydrogens is 255 g/mol. The van der Waals surface area contributed by atoms with Crippen LogP contribution in [0.3, 0.4) is 0 Å². The van der Waals surface area contributed by atoms with Crippen LogP contribution in [0.2, 0.25) is 0 Å². The zero-order chi connectivity index (χ0) is 13.6. The number of benzene rings is 2. The Kier molecular flexibility index (Phi) is 2.45. The van der Waals surface area contributed by atoms with Crippen LogP contribution in [0.25, 0.3) is 16.7 Å². The van der Waals surface area contributed by atoms with Gasteiger partial charge in [0.1, 0.15) is 17.2 Å². The Labute approximate surface area is 106 Å². The summed E-state index contributed by atoms with van der Waals surface area (Å²) in [4.78, 5) is 3.86. The van der Waals surface area contributed by atoms with Crippen molar-refractivity contribution in [1.29, 1.82) is 0 Å². The van der Waals surface area contributed by atoms with Crippen LogP contribution in [0.15, 0.2) is 36.4 Å². The molecule has 0 aliphatic heterocycles. The summed E-state index contributed by atoms with van der Waals surface area (Å²) in [5.41, 5.74) is 6.07. The maximum Gasteiger partial charge on any atom is 0.206 e. The second kappa shape index (κ2) is 4.01. The highest BCUT2D eigenvalue weighted by Gasteiger charge is 2.15. The molecule has 2 N–H and O–H groups in total. The van der Waals surface area contributed by atoms with E-state index in [0.717, 1.165) is 12.1 Å². The molecule has 0 fully saturated rings. The van der Waals surface area contributed by atoms with Gasteiger partial charge in [0.05, 0.1) is 11.2 Å². The number of rotatable bonds is 1. The van der Waals surface area contributed by atoms with Gasteiger partial charge in [-0.2, -0.15) is 0 Å². The van der Waals surface area contributed by atoms with Crippen LogP contribution in [0, 0.1) is 17.5 Å². The summed E-state index contributed by atoms with van der Waals surface area (Å²) < 4.78 is 41.5. The van der Waals surface area contributed by atoms with E-state index in [0.29, 0.717) is 5.52 Å². The molecule has 0 amide bonds. The van der Waals surface area contributed by atoms with Gasteiger partial charge in [-0.1, -0.05) is 6.07 Å². The van der Waals surface area contributed by atoms with Crippen molar-refractivity contribution < 1.29 is 13.2 Å². The number of nitrogens with zero attached hydrogens (tertiary/aromatic N) is 2. The van der Waals surface area contributed by atoms with Gasteiger partial charge in [-0.3, -0.25) is 4.57 Å². The van der Waals surface area contributed by atoms with Crippen molar-refractivity contribution >= 4 is 17.0 Å². The number of halogens is 3. The van der Waals surface area contributed by atoms with E-state index < -0.39 is 17.5 Å². The van der Waals surface area contributed by atoms with Crippen molar-refractivity contribution in [2.45, 2.75) is 0 Å². The fourth-order valence-corrected chi connectivity index (χ4v) is 2.00. The minimum Gasteiger partial charge on any atom is -0.369 e. The van der Waals surface area contributed by atoms with E-state index in [4.69, 9.17) is 5.73 Å². The van der Waals surface area contributed by atoms with E-state index in [1.165, 1.54) is 22.8 Å². The molecule has 96 valence electrons. The third-order valence-electron chi connectivity index (χ3n) is 2.81. The fourth-order valence-electron chi connectivity index (χ4n) is 2.00. The molecule has 0 saturated heterocycles. The molecule has 0 atom stereocenters. The highest BCUT2D eigenvalue weighted by atomic mass is 19.1. The zero-order valence-electron chi connectivity index (χ0n) is 9.57. The normalized spacial score (nSPS) is 11.1. The van der Waals surface area contributed by atoms with E-state index in [2.05, 4.69) is 4.98 Å². The largest absolute Gasteiger partial charge is 0.369 e. The molecule has 1 aromatic heterocycles. The third kappa shape index (κ3) is 1.72. The van der Waals surface area contributed by atoms with Gasteiger partial charge >= 0.3 is 0 Å². The SMILES string of the molecule is Nc1nc2c(F)cccc2n1-c1ccc(F)cc1F. The zero-order valence-corrected chi connectivity index (χ0v) is 9.57. The molecule has 3 rings (SSSR count). The van der Waals surface area contributed by atoms with Gasteiger partial charge < -0.3 is 5.73 Å². The lowest BCUT2D eigenvalue weighted by molar-refractivity contribution is 0.579. The molecule has 0 spiro atoms. The van der Waals surface area contributed by atoms with Gasteiger partial charge in [-0.15, -0.1) is 0 Å². The topological polar surface area (TPSA) is 43.8 Å². The van der Waals surface area contributed by atoms with Crippen LogP contribution in [0.1, 0.15) is 0 Å². The van der Waals surface area contributed by atoms with Crippen molar-refractivity contribution in [3.8, 4) is 5.69 Å². The maximum atomic E-state index is 13.8. The monoisotopic (exact) mass is 263 g/mol. The lowest BCUT2D eigenvalue weighted by atomic mass is 10.2. The number of nitrogen functional groups attached to an aromatic ring is 1. The first kappa shape index (κ1) is 11.6. The summed E-state index contributed by atoms with van der Waals surface area (Å²) in [6.45, 7) is 0. The lowest BCUT2D eigenvalue weighted by Crippen LogP contribution is -2.03. The molecule has 0 aliphatic rings. The smallest absolute Gasteiger partial charge is 0.206 e. The quantitative estimate of drug-likeness (QED) is 0.733. The van der Waals surface area contributed by atoms with Gasteiger partial charge in [0.2, 0.25) is 5.95 Å². The summed E-state index contributed by atoms with van der Waals surface area (Å²) in [5.74, 6) is -2.11. The molecule has 6 heteroatoms. The first-order valence-electron chi connectivity index (χ1n) is 5.46. The van der Waals surface area contributed by atoms with Crippen molar-refractivity contribution in [1.82, 2.24) is 9.55 Å². The van der Waals surface area contributed by atoms with Gasteiger partial charge in [-0.05, 0) is 24.3 Å². The van der Waals surface area contributed by atoms with Crippen LogP contribution in [0.5, 0.6) is 0 Å². The second-order valence-corrected chi connectivity index (χ2v) is 4.01. The fraction of sp³-hybridized carbons (Fsp3) is 0. The number of fused-ring (bicyclic) bond motifs is 1. The van der Waals surface area contributed by atoms with Crippen LogP contribution >= 0.6 is 0 Å². The van der Waals surface area contributed by atoms with Gasteiger partial charge in [0.25, 0.3) is 0 Å². The van der Waals surface area contributed by atoms with Crippen molar-refractivity contribution in [3.05, 3.63) is 53.8 Å². The summed E-state index contributed by atoms with van der Waals surface area (Å²) in [5, 5.41) is 0. The van der Waals surface area contributed by atoms with E-state index in [-0.39, 0.29) is 17.2 Å². The molecule has 3 nitrogen and oxygen atoms in total. The predicted octanol–water partition coefficient (Wildman–Crippen LogP) is 3.03. The van der Waals surface area contributed by atoms with Crippen LogP contribution in [-0.4, -0.2) is 9.55 Å². The minimum absolute atomic E-state index is 0.0204. The number of para-hydroxylation sites is 1. The van der Waals surface area contributed by atoms with Crippen molar-refractivity contribution in [3.63, 3.8) is 0 Å². The number of imidazole rings is 1. The molecule has 3 aromatic rings. The third-order valence-corrected chi connectivity index (χ3v) is 2.81. The van der Waals surface area contributed by atoms with E-state index in [1.54, 1.807) is 6.07 Å². The molecule has 0 aliphatic carbocycles. The molecule has 0 unspecified atom stereocenters. The van der Waals surface area contributed by atoms with Crippen LogP contribution in [-0.2, 0) is 0 Å². The van der Waals surface area contributed by atoms with Crippen molar-refractivity contribution in [2.75, 3.05) is 5.73 Å². The second-order valence-electron chi connectivity index (χ2n) is 4.01. The summed E-state index contributed by atoms with van der Waals surface area (Å²) in [6, 6.07) is 7.33.